The SMILES string of the molecule is O=C(NCC(=O)N(Cc1ccccc1F)C1CC1)c1cccs1. The molecular weight excluding hydrogens is 315 g/mol. The molecule has 1 fully saturated rings. The number of carbonyl (C=O) groups is 2. The number of hydrogen-bond donors (Lipinski definition) is 1. The van der Waals surface area contributed by atoms with Crippen LogP contribution in [-0.4, -0.2) is 29.3 Å². The van der Waals surface area contributed by atoms with Gasteiger partial charge in [-0.25, -0.2) is 4.39 Å². The second-order valence-electron chi connectivity index (χ2n) is 5.50. The Labute approximate surface area is 137 Å². The summed E-state index contributed by atoms with van der Waals surface area (Å²) in [5, 5.41) is 4.45. The maximum absolute atomic E-state index is 13.8. The Kier molecular flexibility index (Phi) is 4.71. The highest BCUT2D eigenvalue weighted by atomic mass is 32.1. The predicted octanol–water partition coefficient (Wildman–Crippen LogP) is 2.81. The van der Waals surface area contributed by atoms with E-state index in [9.17, 15) is 14.0 Å². The summed E-state index contributed by atoms with van der Waals surface area (Å²) in [6.45, 7) is 0.173. The lowest BCUT2D eigenvalue weighted by Gasteiger charge is -2.23. The molecule has 0 bridgehead atoms. The van der Waals surface area contributed by atoms with Crippen molar-refractivity contribution in [2.24, 2.45) is 0 Å². The van der Waals surface area contributed by atoms with Crippen LogP contribution < -0.4 is 5.32 Å². The summed E-state index contributed by atoms with van der Waals surface area (Å²) >= 11 is 1.33. The summed E-state index contributed by atoms with van der Waals surface area (Å²) in [4.78, 5) is 26.5. The number of amides is 2. The van der Waals surface area contributed by atoms with Crippen LogP contribution in [0.15, 0.2) is 41.8 Å². The van der Waals surface area contributed by atoms with E-state index < -0.39 is 0 Å². The van der Waals surface area contributed by atoms with E-state index in [2.05, 4.69) is 5.32 Å². The minimum absolute atomic E-state index is 0.0678. The molecule has 1 aromatic heterocycles. The molecule has 1 aromatic carbocycles. The number of carbonyl (C=O) groups excluding carboxylic acids is 2. The summed E-state index contributed by atoms with van der Waals surface area (Å²) < 4.78 is 13.8. The predicted molar refractivity (Wildman–Crippen MR) is 86.6 cm³/mol. The molecular formula is C17H17FN2O2S. The Balaban J connectivity index is 1.61. The molecule has 1 saturated carbocycles. The highest BCUT2D eigenvalue weighted by Gasteiger charge is 2.33. The Morgan fingerprint density at radius 3 is 2.65 bits per heavy atom. The molecule has 1 aliphatic carbocycles. The number of benzene rings is 1. The van der Waals surface area contributed by atoms with Gasteiger partial charge < -0.3 is 10.2 Å². The number of nitrogens with zero attached hydrogens (tertiary/aromatic N) is 1. The normalized spacial score (nSPS) is 13.6. The van der Waals surface area contributed by atoms with E-state index in [0.717, 1.165) is 12.8 Å². The molecule has 4 nitrogen and oxygen atoms in total. The number of nitrogens with one attached hydrogen (secondary N) is 1. The minimum atomic E-state index is -0.312. The maximum atomic E-state index is 13.8. The first-order valence-electron chi connectivity index (χ1n) is 7.49. The second-order valence-corrected chi connectivity index (χ2v) is 6.45. The van der Waals surface area contributed by atoms with Gasteiger partial charge >= 0.3 is 0 Å². The quantitative estimate of drug-likeness (QED) is 0.884. The van der Waals surface area contributed by atoms with Crippen molar-refractivity contribution in [3.8, 4) is 0 Å². The molecule has 1 aliphatic rings. The molecule has 120 valence electrons. The van der Waals surface area contributed by atoms with Crippen molar-refractivity contribution in [2.75, 3.05) is 6.54 Å². The van der Waals surface area contributed by atoms with Crippen molar-refractivity contribution < 1.29 is 14.0 Å². The number of thiophene rings is 1. The van der Waals surface area contributed by atoms with Crippen LogP contribution in [0.5, 0.6) is 0 Å². The zero-order valence-corrected chi connectivity index (χ0v) is 13.3. The van der Waals surface area contributed by atoms with Gasteiger partial charge in [0, 0.05) is 18.2 Å². The van der Waals surface area contributed by atoms with Crippen molar-refractivity contribution in [1.29, 1.82) is 0 Å². The number of rotatable bonds is 6. The van der Waals surface area contributed by atoms with Crippen LogP contribution in [0.1, 0.15) is 28.1 Å². The van der Waals surface area contributed by atoms with Gasteiger partial charge in [-0.05, 0) is 30.4 Å². The summed E-state index contributed by atoms with van der Waals surface area (Å²) in [6.07, 6.45) is 1.86. The van der Waals surface area contributed by atoms with Gasteiger partial charge in [0.15, 0.2) is 0 Å². The standard InChI is InChI=1S/C17H17FN2O2S/c18-14-5-2-1-4-12(14)11-20(13-7-8-13)16(21)10-19-17(22)15-6-3-9-23-15/h1-6,9,13H,7-8,10-11H2,(H,19,22). The summed E-state index contributed by atoms with van der Waals surface area (Å²) in [5.41, 5.74) is 0.498. The van der Waals surface area contributed by atoms with E-state index in [1.807, 2.05) is 5.38 Å². The number of hydrogen-bond acceptors (Lipinski definition) is 3. The third-order valence-corrected chi connectivity index (χ3v) is 4.62. The van der Waals surface area contributed by atoms with Crippen molar-refractivity contribution >= 4 is 23.2 Å². The lowest BCUT2D eigenvalue weighted by Crippen LogP contribution is -2.41. The summed E-state index contributed by atoms with van der Waals surface area (Å²) in [6, 6.07) is 10.1. The van der Waals surface area contributed by atoms with Gasteiger partial charge in [0.05, 0.1) is 11.4 Å². The summed E-state index contributed by atoms with van der Waals surface area (Å²) in [5.74, 6) is -0.746. The molecule has 6 heteroatoms. The van der Waals surface area contributed by atoms with E-state index in [-0.39, 0.29) is 36.8 Å². The third kappa shape index (κ3) is 3.96. The topological polar surface area (TPSA) is 49.4 Å². The monoisotopic (exact) mass is 332 g/mol. The third-order valence-electron chi connectivity index (χ3n) is 3.75. The smallest absolute Gasteiger partial charge is 0.261 e. The largest absolute Gasteiger partial charge is 0.342 e. The van der Waals surface area contributed by atoms with Crippen LogP contribution in [-0.2, 0) is 11.3 Å². The maximum Gasteiger partial charge on any atom is 0.261 e. The summed E-state index contributed by atoms with van der Waals surface area (Å²) in [7, 11) is 0. The van der Waals surface area contributed by atoms with Gasteiger partial charge in [0.25, 0.3) is 5.91 Å². The Bertz CT molecular complexity index is 698. The molecule has 0 aliphatic heterocycles. The lowest BCUT2D eigenvalue weighted by molar-refractivity contribution is -0.131. The first kappa shape index (κ1) is 15.7. The van der Waals surface area contributed by atoms with E-state index in [1.165, 1.54) is 17.4 Å². The highest BCUT2D eigenvalue weighted by molar-refractivity contribution is 7.12. The lowest BCUT2D eigenvalue weighted by atomic mass is 10.2. The van der Waals surface area contributed by atoms with Gasteiger partial charge in [-0.2, -0.15) is 0 Å². The van der Waals surface area contributed by atoms with Gasteiger partial charge in [-0.1, -0.05) is 24.3 Å². The van der Waals surface area contributed by atoms with Gasteiger partial charge in [-0.3, -0.25) is 9.59 Å². The second kappa shape index (κ2) is 6.91. The van der Waals surface area contributed by atoms with E-state index in [1.54, 1.807) is 35.2 Å². The average Bonchev–Trinajstić information content (AvgIpc) is 3.24. The van der Waals surface area contributed by atoms with Crippen LogP contribution in [0.2, 0.25) is 0 Å². The molecule has 0 radical (unpaired) electrons. The molecule has 2 amide bonds. The fourth-order valence-electron chi connectivity index (χ4n) is 2.37. The van der Waals surface area contributed by atoms with E-state index >= 15 is 0 Å². The highest BCUT2D eigenvalue weighted by Crippen LogP contribution is 2.28. The van der Waals surface area contributed by atoms with Gasteiger partial charge in [0.2, 0.25) is 5.91 Å². The first-order valence-corrected chi connectivity index (χ1v) is 8.37. The van der Waals surface area contributed by atoms with Crippen LogP contribution >= 0.6 is 11.3 Å². The van der Waals surface area contributed by atoms with Gasteiger partial charge in [-0.15, -0.1) is 11.3 Å². The zero-order valence-electron chi connectivity index (χ0n) is 12.5. The van der Waals surface area contributed by atoms with Gasteiger partial charge in [0.1, 0.15) is 5.82 Å². The minimum Gasteiger partial charge on any atom is -0.342 e. The molecule has 0 saturated heterocycles. The molecule has 0 atom stereocenters. The van der Waals surface area contributed by atoms with Crippen LogP contribution in [0, 0.1) is 5.82 Å². The molecule has 1 N–H and O–H groups in total. The Morgan fingerprint density at radius 2 is 2.00 bits per heavy atom. The Hall–Kier alpha value is -2.21. The van der Waals surface area contributed by atoms with Crippen LogP contribution in [0.4, 0.5) is 4.39 Å². The van der Waals surface area contributed by atoms with Crippen molar-refractivity contribution in [3.63, 3.8) is 0 Å². The van der Waals surface area contributed by atoms with Crippen LogP contribution in [0.3, 0.4) is 0 Å². The molecule has 0 spiro atoms. The zero-order chi connectivity index (χ0) is 16.2. The molecule has 1 heterocycles. The molecule has 0 unspecified atom stereocenters. The fraction of sp³-hybridized carbons (Fsp3) is 0.294. The molecule has 23 heavy (non-hydrogen) atoms. The van der Waals surface area contributed by atoms with Crippen molar-refractivity contribution in [3.05, 3.63) is 58.0 Å². The first-order chi connectivity index (χ1) is 11.1. The van der Waals surface area contributed by atoms with E-state index in [4.69, 9.17) is 0 Å². The fourth-order valence-corrected chi connectivity index (χ4v) is 3.01. The van der Waals surface area contributed by atoms with Crippen molar-refractivity contribution in [2.45, 2.75) is 25.4 Å². The molecule has 3 rings (SSSR count). The Morgan fingerprint density at radius 1 is 1.22 bits per heavy atom. The number of halogens is 1. The van der Waals surface area contributed by atoms with Crippen molar-refractivity contribution in [1.82, 2.24) is 10.2 Å². The molecule has 2 aromatic rings. The van der Waals surface area contributed by atoms with Crippen LogP contribution in [0.25, 0.3) is 0 Å². The van der Waals surface area contributed by atoms with E-state index in [0.29, 0.717) is 10.4 Å². The average molecular weight is 332 g/mol.